The van der Waals surface area contributed by atoms with Crippen LogP contribution in [0.2, 0.25) is 0 Å². The molecule has 1 aliphatic carbocycles. The van der Waals surface area contributed by atoms with Crippen LogP contribution in [0.25, 0.3) is 10.9 Å². The lowest BCUT2D eigenvalue weighted by molar-refractivity contribution is 0.290. The van der Waals surface area contributed by atoms with Crippen molar-refractivity contribution in [3.05, 3.63) is 39.4 Å². The molecule has 26 heavy (non-hydrogen) atoms. The SMILES string of the molecule is CC(=N[S+]([O-])C(C)(C)C)c1cc(C)cc2c(=O)n(C)c(C3(F)CC3)nc12. The summed E-state index contributed by atoms with van der Waals surface area (Å²) in [6.07, 6.45) is 0.752. The molecule has 1 heterocycles. The number of nitrogens with zero attached hydrogens (tertiary/aromatic N) is 3. The highest BCUT2D eigenvalue weighted by Gasteiger charge is 2.48. The molecule has 3 rings (SSSR count). The zero-order valence-electron chi connectivity index (χ0n) is 16.0. The van der Waals surface area contributed by atoms with E-state index in [2.05, 4.69) is 9.38 Å². The molecule has 1 aromatic heterocycles. The first-order chi connectivity index (χ1) is 11.9. The van der Waals surface area contributed by atoms with E-state index in [4.69, 9.17) is 0 Å². The second kappa shape index (κ2) is 6.16. The predicted octanol–water partition coefficient (Wildman–Crippen LogP) is 3.47. The molecule has 0 bridgehead atoms. The third-order valence-corrected chi connectivity index (χ3v) is 6.04. The summed E-state index contributed by atoms with van der Waals surface area (Å²) in [5, 5.41) is 0.423. The second-order valence-electron chi connectivity index (χ2n) is 8.01. The van der Waals surface area contributed by atoms with Crippen molar-refractivity contribution in [3.63, 3.8) is 0 Å². The minimum Gasteiger partial charge on any atom is -0.591 e. The Kier molecular flexibility index (Phi) is 4.51. The molecule has 140 valence electrons. The minimum atomic E-state index is -1.52. The van der Waals surface area contributed by atoms with E-state index in [1.54, 1.807) is 20.0 Å². The molecule has 0 saturated heterocycles. The fraction of sp³-hybridized carbons (Fsp3) is 0.526. The topological polar surface area (TPSA) is 70.3 Å². The van der Waals surface area contributed by atoms with Gasteiger partial charge in [-0.2, -0.15) is 0 Å². The molecule has 7 heteroatoms. The molecule has 5 nitrogen and oxygen atoms in total. The number of alkyl halides is 1. The number of halogens is 1. The van der Waals surface area contributed by atoms with Crippen molar-refractivity contribution in [2.24, 2.45) is 11.4 Å². The van der Waals surface area contributed by atoms with Gasteiger partial charge in [-0.3, -0.25) is 9.36 Å². The first-order valence-electron chi connectivity index (χ1n) is 8.62. The van der Waals surface area contributed by atoms with Crippen molar-refractivity contribution in [2.75, 3.05) is 0 Å². The molecule has 0 N–H and O–H groups in total. The number of fused-ring (bicyclic) bond motifs is 1. The first kappa shape index (κ1) is 19.0. The maximum atomic E-state index is 14.7. The van der Waals surface area contributed by atoms with Gasteiger partial charge in [-0.15, -0.1) is 0 Å². The van der Waals surface area contributed by atoms with Crippen LogP contribution in [-0.4, -0.2) is 24.6 Å². The molecule has 1 fully saturated rings. The van der Waals surface area contributed by atoms with Gasteiger partial charge in [0.15, 0.2) is 5.67 Å². The van der Waals surface area contributed by atoms with E-state index in [1.165, 1.54) is 4.57 Å². The molecule has 1 atom stereocenters. The van der Waals surface area contributed by atoms with Crippen LogP contribution in [0, 0.1) is 6.92 Å². The quantitative estimate of drug-likeness (QED) is 0.607. The third-order valence-electron chi connectivity index (χ3n) is 4.55. The van der Waals surface area contributed by atoms with Crippen LogP contribution in [0.5, 0.6) is 0 Å². The Balaban J connectivity index is 2.27. The van der Waals surface area contributed by atoms with Crippen LogP contribution >= 0.6 is 0 Å². The largest absolute Gasteiger partial charge is 0.591 e. The van der Waals surface area contributed by atoms with Crippen LogP contribution in [0.15, 0.2) is 21.3 Å². The van der Waals surface area contributed by atoms with Crippen molar-refractivity contribution in [1.82, 2.24) is 9.55 Å². The fourth-order valence-corrected chi connectivity index (χ4v) is 3.46. The zero-order valence-corrected chi connectivity index (χ0v) is 16.8. The summed E-state index contributed by atoms with van der Waals surface area (Å²) in [5.41, 5.74) is 0.650. The van der Waals surface area contributed by atoms with E-state index in [9.17, 15) is 13.7 Å². The van der Waals surface area contributed by atoms with Gasteiger partial charge in [0.1, 0.15) is 21.9 Å². The number of aromatic nitrogens is 2. The summed E-state index contributed by atoms with van der Waals surface area (Å²) in [6, 6.07) is 3.61. The molecule has 1 aliphatic rings. The summed E-state index contributed by atoms with van der Waals surface area (Å²) < 4.78 is 32.2. The zero-order chi connectivity index (χ0) is 19.4. The molecule has 1 unspecified atom stereocenters. The van der Waals surface area contributed by atoms with Crippen LogP contribution in [0.1, 0.15) is 57.5 Å². The molecule has 0 aliphatic heterocycles. The second-order valence-corrected chi connectivity index (χ2v) is 9.92. The molecular formula is C19H24FN3O2S. The van der Waals surface area contributed by atoms with Crippen LogP contribution in [-0.2, 0) is 24.1 Å². The summed E-state index contributed by atoms with van der Waals surface area (Å²) in [7, 11) is 1.56. The third kappa shape index (κ3) is 3.30. The Morgan fingerprint density at radius 1 is 1.38 bits per heavy atom. The van der Waals surface area contributed by atoms with Gasteiger partial charge in [-0.1, -0.05) is 4.40 Å². The van der Waals surface area contributed by atoms with E-state index in [-0.39, 0.29) is 11.4 Å². The van der Waals surface area contributed by atoms with Gasteiger partial charge in [0.25, 0.3) is 5.56 Å². The molecular weight excluding hydrogens is 353 g/mol. The Morgan fingerprint density at radius 3 is 2.54 bits per heavy atom. The highest BCUT2D eigenvalue weighted by molar-refractivity contribution is 7.91. The number of aryl methyl sites for hydroxylation is 1. The first-order valence-corrected chi connectivity index (χ1v) is 9.73. The van der Waals surface area contributed by atoms with E-state index in [0.29, 0.717) is 35.0 Å². The van der Waals surface area contributed by atoms with Gasteiger partial charge in [-0.25, -0.2) is 9.37 Å². The lowest BCUT2D eigenvalue weighted by Crippen LogP contribution is -2.27. The fourth-order valence-electron chi connectivity index (χ4n) is 2.84. The van der Waals surface area contributed by atoms with E-state index < -0.39 is 21.8 Å². The Hall–Kier alpha value is -1.73. The number of benzene rings is 1. The lowest BCUT2D eigenvalue weighted by Gasteiger charge is -2.19. The molecule has 0 amide bonds. The standard InChI is InChI=1S/C19H24FN3O2S/c1-11-9-13(12(2)22-26(25)18(3,4)5)15-14(10-11)16(24)23(6)17(21-15)19(20)7-8-19/h9-10H,7-8H2,1-6H3. The maximum absolute atomic E-state index is 14.7. The summed E-state index contributed by atoms with van der Waals surface area (Å²) in [5.74, 6) is 0.157. The van der Waals surface area contributed by atoms with Crippen LogP contribution < -0.4 is 5.56 Å². The van der Waals surface area contributed by atoms with Gasteiger partial charge in [0.05, 0.1) is 16.6 Å². The monoisotopic (exact) mass is 377 g/mol. The van der Waals surface area contributed by atoms with Gasteiger partial charge < -0.3 is 4.55 Å². The summed E-state index contributed by atoms with van der Waals surface area (Å²) in [6.45, 7) is 9.17. The van der Waals surface area contributed by atoms with Gasteiger partial charge in [0.2, 0.25) is 0 Å². The van der Waals surface area contributed by atoms with Crippen molar-refractivity contribution in [1.29, 1.82) is 0 Å². The molecule has 2 aromatic rings. The molecule has 1 saturated carbocycles. The Bertz CT molecular complexity index is 971. The number of hydrogen-bond acceptors (Lipinski definition) is 4. The molecule has 0 radical (unpaired) electrons. The van der Waals surface area contributed by atoms with Gasteiger partial charge >= 0.3 is 0 Å². The normalized spacial score (nSPS) is 18.2. The van der Waals surface area contributed by atoms with Crippen LogP contribution in [0.4, 0.5) is 4.39 Å². The maximum Gasteiger partial charge on any atom is 0.261 e. The van der Waals surface area contributed by atoms with Crippen molar-refractivity contribution < 1.29 is 8.94 Å². The number of rotatable bonds is 3. The minimum absolute atomic E-state index is 0.157. The van der Waals surface area contributed by atoms with E-state index in [1.807, 2.05) is 33.8 Å². The summed E-state index contributed by atoms with van der Waals surface area (Å²) in [4.78, 5) is 17.3. The predicted molar refractivity (Wildman–Crippen MR) is 104 cm³/mol. The van der Waals surface area contributed by atoms with Crippen molar-refractivity contribution >= 4 is 28.0 Å². The van der Waals surface area contributed by atoms with Crippen molar-refractivity contribution in [2.45, 2.75) is 57.9 Å². The average molecular weight is 377 g/mol. The van der Waals surface area contributed by atoms with E-state index >= 15 is 0 Å². The highest BCUT2D eigenvalue weighted by Crippen LogP contribution is 2.48. The summed E-state index contributed by atoms with van der Waals surface area (Å²) >= 11 is -1.43. The smallest absolute Gasteiger partial charge is 0.261 e. The Labute approximate surface area is 155 Å². The molecule has 1 aromatic carbocycles. The van der Waals surface area contributed by atoms with Gasteiger partial charge in [0, 0.05) is 12.6 Å². The number of hydrogen-bond donors (Lipinski definition) is 0. The average Bonchev–Trinajstić information content (AvgIpc) is 3.28. The van der Waals surface area contributed by atoms with Crippen LogP contribution in [0.3, 0.4) is 0 Å². The lowest BCUT2D eigenvalue weighted by atomic mass is 10.0. The van der Waals surface area contributed by atoms with E-state index in [0.717, 1.165) is 5.56 Å². The Morgan fingerprint density at radius 2 is 2.00 bits per heavy atom. The molecule has 0 spiro atoms. The van der Waals surface area contributed by atoms with Gasteiger partial charge in [-0.05, 0) is 65.2 Å². The van der Waals surface area contributed by atoms with Crippen molar-refractivity contribution in [3.8, 4) is 0 Å². The highest BCUT2D eigenvalue weighted by atomic mass is 32.2.